The lowest BCUT2D eigenvalue weighted by Crippen LogP contribution is -2.30. The third-order valence-corrected chi connectivity index (χ3v) is 4.21. The Morgan fingerprint density at radius 2 is 1.69 bits per heavy atom. The predicted octanol–water partition coefficient (Wildman–Crippen LogP) is 4.16. The molecule has 1 aliphatic rings. The molecule has 2 aromatic rings. The van der Waals surface area contributed by atoms with Crippen LogP contribution in [0.4, 0.5) is 5.69 Å². The summed E-state index contributed by atoms with van der Waals surface area (Å²) in [4.78, 5) is 12.4. The van der Waals surface area contributed by atoms with E-state index in [9.17, 15) is 4.79 Å². The number of ether oxygens (including phenoxy) is 3. The second-order valence-electron chi connectivity index (χ2n) is 7.38. The van der Waals surface area contributed by atoms with E-state index < -0.39 is 6.10 Å². The summed E-state index contributed by atoms with van der Waals surface area (Å²) in [5.41, 5.74) is 1.95. The van der Waals surface area contributed by atoms with Gasteiger partial charge in [-0.25, -0.2) is 0 Å². The highest BCUT2D eigenvalue weighted by Gasteiger charge is 2.18. The molecule has 0 aliphatic carbocycles. The smallest absolute Gasteiger partial charge is 0.265 e. The maximum atomic E-state index is 12.4. The molecule has 26 heavy (non-hydrogen) atoms. The molecule has 0 bridgehead atoms. The van der Waals surface area contributed by atoms with Gasteiger partial charge in [0, 0.05) is 11.8 Å². The lowest BCUT2D eigenvalue weighted by atomic mass is 9.87. The summed E-state index contributed by atoms with van der Waals surface area (Å²) in [6.45, 7) is 9.25. The summed E-state index contributed by atoms with van der Waals surface area (Å²) in [6.07, 6.45) is -0.622. The molecule has 1 aliphatic heterocycles. The van der Waals surface area contributed by atoms with E-state index in [0.29, 0.717) is 36.1 Å². The maximum Gasteiger partial charge on any atom is 0.265 e. The number of fused-ring (bicyclic) bond motifs is 1. The van der Waals surface area contributed by atoms with Crippen LogP contribution in [0.25, 0.3) is 0 Å². The van der Waals surface area contributed by atoms with Crippen molar-refractivity contribution in [2.24, 2.45) is 0 Å². The van der Waals surface area contributed by atoms with Crippen LogP contribution in [-0.2, 0) is 10.2 Å². The summed E-state index contributed by atoms with van der Waals surface area (Å²) >= 11 is 0. The van der Waals surface area contributed by atoms with Crippen molar-refractivity contribution >= 4 is 11.6 Å². The number of rotatable bonds is 4. The van der Waals surface area contributed by atoms with Crippen LogP contribution in [0.1, 0.15) is 33.3 Å². The van der Waals surface area contributed by atoms with Crippen molar-refractivity contribution in [3.63, 3.8) is 0 Å². The van der Waals surface area contributed by atoms with Crippen LogP contribution >= 0.6 is 0 Å². The summed E-state index contributed by atoms with van der Waals surface area (Å²) in [5, 5.41) is 2.85. The molecule has 0 fully saturated rings. The summed E-state index contributed by atoms with van der Waals surface area (Å²) in [6, 6.07) is 13.2. The topological polar surface area (TPSA) is 56.8 Å². The van der Waals surface area contributed by atoms with Crippen LogP contribution in [0, 0.1) is 0 Å². The van der Waals surface area contributed by atoms with Crippen molar-refractivity contribution in [2.75, 3.05) is 18.5 Å². The van der Waals surface area contributed by atoms with E-state index >= 15 is 0 Å². The molecular formula is C21H25NO4. The second-order valence-corrected chi connectivity index (χ2v) is 7.38. The lowest BCUT2D eigenvalue weighted by Gasteiger charge is -2.21. The molecule has 0 saturated carbocycles. The molecule has 0 aromatic heterocycles. The Bertz CT molecular complexity index is 778. The SMILES string of the molecule is CC(Oc1ccc(C(C)(C)C)cc1)C(=O)Nc1ccc2c(c1)OCCO2. The van der Waals surface area contributed by atoms with E-state index in [-0.39, 0.29) is 11.3 Å². The van der Waals surface area contributed by atoms with E-state index in [1.54, 1.807) is 25.1 Å². The third kappa shape index (κ3) is 4.28. The molecule has 3 rings (SSSR count). The fourth-order valence-corrected chi connectivity index (χ4v) is 2.66. The maximum absolute atomic E-state index is 12.4. The predicted molar refractivity (Wildman–Crippen MR) is 101 cm³/mol. The Kier molecular flexibility index (Phi) is 5.07. The molecule has 1 unspecified atom stereocenters. The van der Waals surface area contributed by atoms with E-state index in [2.05, 4.69) is 26.1 Å². The molecule has 1 heterocycles. The molecule has 0 saturated heterocycles. The zero-order chi connectivity index (χ0) is 18.7. The Morgan fingerprint density at radius 3 is 2.35 bits per heavy atom. The van der Waals surface area contributed by atoms with Crippen molar-refractivity contribution < 1.29 is 19.0 Å². The molecular weight excluding hydrogens is 330 g/mol. The number of amides is 1. The number of hydrogen-bond acceptors (Lipinski definition) is 4. The van der Waals surface area contributed by atoms with E-state index in [1.165, 1.54) is 5.56 Å². The van der Waals surface area contributed by atoms with Crippen molar-refractivity contribution in [2.45, 2.75) is 39.2 Å². The minimum absolute atomic E-state index is 0.0831. The second kappa shape index (κ2) is 7.28. The lowest BCUT2D eigenvalue weighted by molar-refractivity contribution is -0.122. The Balaban J connectivity index is 1.61. The first kappa shape index (κ1) is 18.1. The van der Waals surface area contributed by atoms with Crippen LogP contribution in [0.2, 0.25) is 0 Å². The van der Waals surface area contributed by atoms with E-state index in [0.717, 1.165) is 0 Å². The van der Waals surface area contributed by atoms with Crippen LogP contribution < -0.4 is 19.5 Å². The Morgan fingerprint density at radius 1 is 1.04 bits per heavy atom. The number of carbonyl (C=O) groups excluding carboxylic acids is 1. The van der Waals surface area contributed by atoms with Gasteiger partial charge in [0.1, 0.15) is 19.0 Å². The molecule has 1 amide bonds. The van der Waals surface area contributed by atoms with Crippen molar-refractivity contribution in [3.05, 3.63) is 48.0 Å². The first-order chi connectivity index (χ1) is 12.3. The zero-order valence-electron chi connectivity index (χ0n) is 15.7. The van der Waals surface area contributed by atoms with Crippen LogP contribution in [0.5, 0.6) is 17.2 Å². The molecule has 138 valence electrons. The van der Waals surface area contributed by atoms with Gasteiger partial charge < -0.3 is 19.5 Å². The zero-order valence-corrected chi connectivity index (χ0v) is 15.7. The van der Waals surface area contributed by atoms with Gasteiger partial charge in [0.05, 0.1) is 0 Å². The van der Waals surface area contributed by atoms with Gasteiger partial charge >= 0.3 is 0 Å². The molecule has 0 spiro atoms. The highest BCUT2D eigenvalue weighted by Crippen LogP contribution is 2.32. The summed E-state index contributed by atoms with van der Waals surface area (Å²) in [7, 11) is 0. The normalized spacial score (nSPS) is 14.5. The molecule has 5 nitrogen and oxygen atoms in total. The number of anilines is 1. The van der Waals surface area contributed by atoms with Gasteiger partial charge in [0.15, 0.2) is 17.6 Å². The van der Waals surface area contributed by atoms with Crippen molar-refractivity contribution in [1.82, 2.24) is 0 Å². The van der Waals surface area contributed by atoms with Crippen LogP contribution in [-0.4, -0.2) is 25.2 Å². The van der Waals surface area contributed by atoms with Gasteiger partial charge in [0.2, 0.25) is 0 Å². The molecule has 2 aromatic carbocycles. The quantitative estimate of drug-likeness (QED) is 0.895. The van der Waals surface area contributed by atoms with Gasteiger partial charge in [-0.15, -0.1) is 0 Å². The largest absolute Gasteiger partial charge is 0.486 e. The fourth-order valence-electron chi connectivity index (χ4n) is 2.66. The third-order valence-electron chi connectivity index (χ3n) is 4.21. The summed E-state index contributed by atoms with van der Waals surface area (Å²) in [5.74, 6) is 1.78. The fraction of sp³-hybridized carbons (Fsp3) is 0.381. The van der Waals surface area contributed by atoms with Crippen molar-refractivity contribution in [3.8, 4) is 17.2 Å². The standard InChI is InChI=1S/C21H25NO4/c1-14(26-17-8-5-15(6-9-17)21(2,3)4)20(23)22-16-7-10-18-19(13-16)25-12-11-24-18/h5-10,13-14H,11-12H2,1-4H3,(H,22,23). The van der Waals surface area contributed by atoms with Crippen molar-refractivity contribution in [1.29, 1.82) is 0 Å². The number of hydrogen-bond donors (Lipinski definition) is 1. The highest BCUT2D eigenvalue weighted by molar-refractivity contribution is 5.94. The van der Waals surface area contributed by atoms with E-state index in [4.69, 9.17) is 14.2 Å². The van der Waals surface area contributed by atoms with E-state index in [1.807, 2.05) is 24.3 Å². The first-order valence-electron chi connectivity index (χ1n) is 8.80. The number of nitrogens with one attached hydrogen (secondary N) is 1. The highest BCUT2D eigenvalue weighted by atomic mass is 16.6. The molecule has 1 atom stereocenters. The minimum atomic E-state index is -0.622. The minimum Gasteiger partial charge on any atom is -0.486 e. The van der Waals surface area contributed by atoms with Gasteiger partial charge in [-0.3, -0.25) is 4.79 Å². The van der Waals surface area contributed by atoms with Gasteiger partial charge in [-0.2, -0.15) is 0 Å². The van der Waals surface area contributed by atoms with Gasteiger partial charge in [0.25, 0.3) is 5.91 Å². The average Bonchev–Trinajstić information content (AvgIpc) is 2.61. The first-order valence-corrected chi connectivity index (χ1v) is 8.80. The summed E-state index contributed by atoms with van der Waals surface area (Å²) < 4.78 is 16.8. The Hall–Kier alpha value is -2.69. The number of carbonyl (C=O) groups is 1. The molecule has 1 N–H and O–H groups in total. The van der Waals surface area contributed by atoms with Gasteiger partial charge in [-0.1, -0.05) is 32.9 Å². The molecule has 0 radical (unpaired) electrons. The van der Waals surface area contributed by atoms with Crippen LogP contribution in [0.15, 0.2) is 42.5 Å². The van der Waals surface area contributed by atoms with Crippen LogP contribution in [0.3, 0.4) is 0 Å². The van der Waals surface area contributed by atoms with Gasteiger partial charge in [-0.05, 0) is 42.2 Å². The average molecular weight is 355 g/mol. The number of benzene rings is 2. The Labute approximate surface area is 154 Å². The monoisotopic (exact) mass is 355 g/mol. The molecule has 5 heteroatoms.